The number of hydrogen-bond acceptors (Lipinski definition) is 7. The highest BCUT2D eigenvalue weighted by Crippen LogP contribution is 2.42. The Morgan fingerprint density at radius 2 is 1.80 bits per heavy atom. The topological polar surface area (TPSA) is 87.4 Å². The Morgan fingerprint density at radius 1 is 1.04 bits per heavy atom. The van der Waals surface area contributed by atoms with Crippen LogP contribution in [0.2, 0.25) is 0 Å². The second-order valence-electron chi connectivity index (χ2n) is 5.38. The third-order valence-corrected chi connectivity index (χ3v) is 4.05. The zero-order chi connectivity index (χ0) is 17.6. The van der Waals surface area contributed by atoms with Crippen LogP contribution >= 0.6 is 0 Å². The van der Waals surface area contributed by atoms with Crippen LogP contribution in [0.15, 0.2) is 39.7 Å². The first-order valence-corrected chi connectivity index (χ1v) is 7.43. The molecular formula is C18H14O7. The molecule has 2 aromatic carbocycles. The van der Waals surface area contributed by atoms with Gasteiger partial charge in [-0.05, 0) is 17.7 Å². The molecule has 25 heavy (non-hydrogen) atoms. The van der Waals surface area contributed by atoms with E-state index in [2.05, 4.69) is 0 Å². The molecule has 3 aromatic rings. The quantitative estimate of drug-likeness (QED) is 0.783. The predicted octanol–water partition coefficient (Wildman–Crippen LogP) is 2.91. The molecule has 1 aliphatic rings. The number of phenolic OH excluding ortho intramolecular Hbond substituents is 1. The zero-order valence-electron chi connectivity index (χ0n) is 13.5. The van der Waals surface area contributed by atoms with Gasteiger partial charge in [-0.25, -0.2) is 0 Å². The largest absolute Gasteiger partial charge is 0.504 e. The minimum absolute atomic E-state index is 0.0742. The molecule has 2 heterocycles. The van der Waals surface area contributed by atoms with Gasteiger partial charge in [0.05, 0.1) is 19.8 Å². The third-order valence-electron chi connectivity index (χ3n) is 4.05. The first-order valence-electron chi connectivity index (χ1n) is 7.43. The first kappa shape index (κ1) is 15.2. The fourth-order valence-corrected chi connectivity index (χ4v) is 2.88. The smallest absolute Gasteiger partial charge is 0.231 e. The van der Waals surface area contributed by atoms with Crippen LogP contribution in [0.3, 0.4) is 0 Å². The van der Waals surface area contributed by atoms with Crippen LogP contribution < -0.4 is 24.4 Å². The van der Waals surface area contributed by atoms with Crippen molar-refractivity contribution in [3.8, 4) is 39.9 Å². The monoisotopic (exact) mass is 342 g/mol. The van der Waals surface area contributed by atoms with Crippen LogP contribution in [0.1, 0.15) is 0 Å². The normalized spacial score (nSPS) is 12.4. The highest BCUT2D eigenvalue weighted by molar-refractivity contribution is 5.91. The van der Waals surface area contributed by atoms with Gasteiger partial charge in [-0.15, -0.1) is 0 Å². The minimum atomic E-state index is -0.310. The van der Waals surface area contributed by atoms with Crippen LogP contribution in [-0.2, 0) is 0 Å². The van der Waals surface area contributed by atoms with Crippen LogP contribution in [0.5, 0.6) is 28.7 Å². The zero-order valence-corrected chi connectivity index (χ0v) is 13.5. The molecule has 0 saturated heterocycles. The number of phenols is 1. The van der Waals surface area contributed by atoms with Crippen molar-refractivity contribution < 1.29 is 28.5 Å². The van der Waals surface area contributed by atoms with E-state index in [1.807, 2.05) is 0 Å². The summed E-state index contributed by atoms with van der Waals surface area (Å²) in [6.45, 7) is 0.148. The van der Waals surface area contributed by atoms with Gasteiger partial charge in [-0.3, -0.25) is 4.79 Å². The van der Waals surface area contributed by atoms with Gasteiger partial charge < -0.3 is 28.5 Å². The van der Waals surface area contributed by atoms with Gasteiger partial charge in [0, 0.05) is 6.07 Å². The Balaban J connectivity index is 1.99. The van der Waals surface area contributed by atoms with Crippen molar-refractivity contribution in [1.29, 1.82) is 0 Å². The lowest BCUT2D eigenvalue weighted by atomic mass is 10.0. The Bertz CT molecular complexity index is 1040. The number of fused-ring (bicyclic) bond motifs is 2. The van der Waals surface area contributed by atoms with Crippen molar-refractivity contribution >= 4 is 11.0 Å². The summed E-state index contributed by atoms with van der Waals surface area (Å²) < 4.78 is 26.6. The lowest BCUT2D eigenvalue weighted by Crippen LogP contribution is -2.07. The second kappa shape index (κ2) is 5.62. The average molecular weight is 342 g/mol. The van der Waals surface area contributed by atoms with E-state index in [1.54, 1.807) is 18.2 Å². The molecule has 0 atom stereocenters. The number of methoxy groups -OCH3 is 2. The highest BCUT2D eigenvalue weighted by atomic mass is 16.7. The molecule has 0 spiro atoms. The summed E-state index contributed by atoms with van der Waals surface area (Å²) >= 11 is 0. The SMILES string of the molecule is COc1c(O)cc2occ(-c3ccc4c(c3)OCO4)c(=O)c2c1OC. The molecule has 7 nitrogen and oxygen atoms in total. The molecule has 4 rings (SSSR count). The Hall–Kier alpha value is -3.35. The van der Waals surface area contributed by atoms with E-state index >= 15 is 0 Å². The number of rotatable bonds is 3. The van der Waals surface area contributed by atoms with Crippen LogP contribution in [-0.4, -0.2) is 26.1 Å². The molecule has 0 saturated carbocycles. The summed E-state index contributed by atoms with van der Waals surface area (Å²) in [5, 5.41) is 10.2. The predicted molar refractivity (Wildman–Crippen MR) is 88.8 cm³/mol. The van der Waals surface area contributed by atoms with Gasteiger partial charge in [0.2, 0.25) is 18.0 Å². The Morgan fingerprint density at radius 3 is 2.56 bits per heavy atom. The Kier molecular flexibility index (Phi) is 3.42. The lowest BCUT2D eigenvalue weighted by Gasteiger charge is -2.12. The molecule has 1 N–H and O–H groups in total. The molecule has 0 bridgehead atoms. The van der Waals surface area contributed by atoms with Gasteiger partial charge in [-0.2, -0.15) is 0 Å². The summed E-state index contributed by atoms with van der Waals surface area (Å²) in [5.41, 5.74) is 0.839. The number of aromatic hydroxyl groups is 1. The maximum absolute atomic E-state index is 13.0. The standard InChI is InChI=1S/C18H14O7/c1-21-17-11(19)6-14-15(18(17)22-2)16(20)10(7-23-14)9-3-4-12-13(5-9)25-8-24-12/h3-7,19H,8H2,1-2H3. The molecule has 128 valence electrons. The summed E-state index contributed by atoms with van der Waals surface area (Å²) in [4.78, 5) is 13.0. The molecule has 7 heteroatoms. The van der Waals surface area contributed by atoms with Crippen molar-refractivity contribution in [3.63, 3.8) is 0 Å². The second-order valence-corrected chi connectivity index (χ2v) is 5.38. The summed E-state index contributed by atoms with van der Waals surface area (Å²) in [6, 6.07) is 6.51. The molecule has 0 aliphatic carbocycles. The van der Waals surface area contributed by atoms with Crippen LogP contribution in [0, 0.1) is 0 Å². The van der Waals surface area contributed by atoms with E-state index in [9.17, 15) is 9.90 Å². The number of benzene rings is 2. The summed E-state index contributed by atoms with van der Waals surface area (Å²) in [7, 11) is 2.77. The maximum Gasteiger partial charge on any atom is 0.231 e. The van der Waals surface area contributed by atoms with E-state index in [1.165, 1.54) is 26.5 Å². The molecule has 0 amide bonds. The van der Waals surface area contributed by atoms with Gasteiger partial charge in [0.25, 0.3) is 0 Å². The van der Waals surface area contributed by atoms with Crippen molar-refractivity contribution in [3.05, 3.63) is 40.8 Å². The van der Waals surface area contributed by atoms with E-state index in [4.69, 9.17) is 23.4 Å². The van der Waals surface area contributed by atoms with Crippen LogP contribution in [0.4, 0.5) is 0 Å². The van der Waals surface area contributed by atoms with Crippen LogP contribution in [0.25, 0.3) is 22.1 Å². The van der Waals surface area contributed by atoms with Crippen molar-refractivity contribution in [2.45, 2.75) is 0 Å². The average Bonchev–Trinajstić information content (AvgIpc) is 3.08. The number of ether oxygens (including phenoxy) is 4. The minimum Gasteiger partial charge on any atom is -0.504 e. The summed E-state index contributed by atoms with van der Waals surface area (Å²) in [6.07, 6.45) is 1.34. The summed E-state index contributed by atoms with van der Waals surface area (Å²) in [5.74, 6) is 1.20. The van der Waals surface area contributed by atoms with Gasteiger partial charge in [0.15, 0.2) is 23.0 Å². The molecule has 0 unspecified atom stereocenters. The van der Waals surface area contributed by atoms with Crippen molar-refractivity contribution in [2.75, 3.05) is 21.0 Å². The molecule has 1 aliphatic heterocycles. The molecule has 1 aromatic heterocycles. The van der Waals surface area contributed by atoms with E-state index in [0.29, 0.717) is 22.6 Å². The van der Waals surface area contributed by atoms with Crippen molar-refractivity contribution in [2.24, 2.45) is 0 Å². The van der Waals surface area contributed by atoms with Crippen molar-refractivity contribution in [1.82, 2.24) is 0 Å². The van der Waals surface area contributed by atoms with E-state index in [0.717, 1.165) is 0 Å². The van der Waals surface area contributed by atoms with E-state index in [-0.39, 0.29) is 40.4 Å². The number of hydrogen-bond donors (Lipinski definition) is 1. The third kappa shape index (κ3) is 2.24. The molecule has 0 radical (unpaired) electrons. The maximum atomic E-state index is 13.0. The Labute approximate surface area is 141 Å². The van der Waals surface area contributed by atoms with E-state index < -0.39 is 0 Å². The first-order chi connectivity index (χ1) is 12.1. The fourth-order valence-electron chi connectivity index (χ4n) is 2.88. The van der Waals surface area contributed by atoms with Gasteiger partial charge >= 0.3 is 0 Å². The lowest BCUT2D eigenvalue weighted by molar-refractivity contribution is 0.174. The fraction of sp³-hybridized carbons (Fsp3) is 0.167. The molecular weight excluding hydrogens is 328 g/mol. The van der Waals surface area contributed by atoms with Gasteiger partial charge in [0.1, 0.15) is 17.2 Å². The molecule has 0 fully saturated rings. The van der Waals surface area contributed by atoms with Gasteiger partial charge in [-0.1, -0.05) is 6.07 Å². The highest BCUT2D eigenvalue weighted by Gasteiger charge is 2.22.